The lowest BCUT2D eigenvalue weighted by atomic mass is 9.92. The van der Waals surface area contributed by atoms with Crippen LogP contribution in [0.2, 0.25) is 0 Å². The molecule has 0 bridgehead atoms. The van der Waals surface area contributed by atoms with E-state index in [1.165, 1.54) is 19.5 Å². The Bertz CT molecular complexity index is 613. The first-order chi connectivity index (χ1) is 9.62. The molecular formula is C19H26S2. The first-order valence-corrected chi connectivity index (χ1v) is 9.14. The zero-order valence-corrected chi connectivity index (χ0v) is 15.6. The third-order valence-electron chi connectivity index (χ3n) is 2.98. The zero-order chi connectivity index (χ0) is 15.7. The molecule has 0 aliphatic heterocycles. The van der Waals surface area contributed by atoms with Gasteiger partial charge in [-0.15, -0.1) is 22.7 Å². The van der Waals surface area contributed by atoms with Gasteiger partial charge in [0.2, 0.25) is 0 Å². The molecule has 0 aliphatic carbocycles. The summed E-state index contributed by atoms with van der Waals surface area (Å²) in [6.45, 7) is 13.6. The number of allylic oxidation sites excluding steroid dienone is 1. The van der Waals surface area contributed by atoms with Crippen LogP contribution >= 0.6 is 22.7 Å². The Kier molecular flexibility index (Phi) is 4.79. The lowest BCUT2D eigenvalue weighted by Gasteiger charge is -2.16. The lowest BCUT2D eigenvalue weighted by molar-refractivity contribution is 0.414. The van der Waals surface area contributed by atoms with Gasteiger partial charge in [-0.05, 0) is 47.6 Å². The Morgan fingerprint density at radius 2 is 1.48 bits per heavy atom. The second kappa shape index (κ2) is 6.10. The summed E-state index contributed by atoms with van der Waals surface area (Å²) in [5.74, 6) is 0. The van der Waals surface area contributed by atoms with Gasteiger partial charge in [0.25, 0.3) is 0 Å². The lowest BCUT2D eigenvalue weighted by Crippen LogP contribution is -2.07. The van der Waals surface area contributed by atoms with Crippen molar-refractivity contribution in [2.75, 3.05) is 0 Å². The maximum absolute atomic E-state index is 2.30. The van der Waals surface area contributed by atoms with E-state index in [2.05, 4.69) is 78.0 Å². The molecule has 0 unspecified atom stereocenters. The second-order valence-electron chi connectivity index (χ2n) is 7.90. The Balaban J connectivity index is 2.13. The molecule has 0 N–H and O–H groups in total. The fourth-order valence-electron chi connectivity index (χ4n) is 2.04. The highest BCUT2D eigenvalue weighted by atomic mass is 32.1. The Labute approximate surface area is 137 Å². The van der Waals surface area contributed by atoms with Crippen molar-refractivity contribution in [3.8, 4) is 9.75 Å². The van der Waals surface area contributed by atoms with Crippen molar-refractivity contribution in [1.82, 2.24) is 0 Å². The summed E-state index contributed by atoms with van der Waals surface area (Å²) < 4.78 is 0. The topological polar surface area (TPSA) is 0 Å². The van der Waals surface area contributed by atoms with Crippen LogP contribution in [-0.4, -0.2) is 0 Å². The van der Waals surface area contributed by atoms with Gasteiger partial charge in [0, 0.05) is 19.5 Å². The minimum absolute atomic E-state index is 0.243. The molecule has 2 heterocycles. The van der Waals surface area contributed by atoms with Gasteiger partial charge in [-0.25, -0.2) is 0 Å². The highest BCUT2D eigenvalue weighted by Gasteiger charge is 2.14. The van der Waals surface area contributed by atoms with Gasteiger partial charge in [0.05, 0.1) is 0 Å². The van der Waals surface area contributed by atoms with Crippen molar-refractivity contribution in [2.45, 2.75) is 48.0 Å². The summed E-state index contributed by atoms with van der Waals surface area (Å²) in [7, 11) is 0. The maximum atomic E-state index is 2.30. The molecular weight excluding hydrogens is 292 g/mol. The average Bonchev–Trinajstić information content (AvgIpc) is 2.91. The Morgan fingerprint density at radius 3 is 2.10 bits per heavy atom. The van der Waals surface area contributed by atoms with Crippen LogP contribution in [0, 0.1) is 10.8 Å². The minimum atomic E-state index is 0.243. The van der Waals surface area contributed by atoms with Gasteiger partial charge >= 0.3 is 0 Å². The predicted octanol–water partition coefficient (Wildman–Crippen LogP) is 7.12. The predicted molar refractivity (Wildman–Crippen MR) is 99.3 cm³/mol. The van der Waals surface area contributed by atoms with Crippen LogP contribution in [-0.2, 0) is 6.42 Å². The Hall–Kier alpha value is -0.860. The summed E-state index contributed by atoms with van der Waals surface area (Å²) in [6.07, 6.45) is 5.68. The molecule has 0 saturated carbocycles. The molecule has 0 amide bonds. The van der Waals surface area contributed by atoms with Gasteiger partial charge in [0.1, 0.15) is 0 Å². The molecule has 0 atom stereocenters. The quantitative estimate of drug-likeness (QED) is 0.565. The van der Waals surface area contributed by atoms with Gasteiger partial charge in [-0.2, -0.15) is 0 Å². The summed E-state index contributed by atoms with van der Waals surface area (Å²) in [5, 5.41) is 0. The number of hydrogen-bond donors (Lipinski definition) is 0. The highest BCUT2D eigenvalue weighted by molar-refractivity contribution is 7.22. The summed E-state index contributed by atoms with van der Waals surface area (Å²) in [4.78, 5) is 5.60. The maximum Gasteiger partial charge on any atom is 0.0449 e. The molecule has 2 heteroatoms. The normalized spacial score (nSPS) is 13.2. The molecule has 21 heavy (non-hydrogen) atoms. The monoisotopic (exact) mass is 318 g/mol. The largest absolute Gasteiger partial charge is 0.139 e. The molecule has 0 saturated heterocycles. The first kappa shape index (κ1) is 16.5. The minimum Gasteiger partial charge on any atom is -0.139 e. The molecule has 0 fully saturated rings. The molecule has 0 radical (unpaired) electrons. The van der Waals surface area contributed by atoms with Crippen molar-refractivity contribution in [3.63, 3.8) is 0 Å². The first-order valence-electron chi connectivity index (χ1n) is 7.51. The molecule has 0 aromatic carbocycles. The van der Waals surface area contributed by atoms with Crippen molar-refractivity contribution in [2.24, 2.45) is 10.8 Å². The van der Waals surface area contributed by atoms with Crippen molar-refractivity contribution >= 4 is 28.7 Å². The van der Waals surface area contributed by atoms with Crippen LogP contribution in [0.3, 0.4) is 0 Å². The van der Waals surface area contributed by atoms with Crippen LogP contribution in [0.4, 0.5) is 0 Å². The van der Waals surface area contributed by atoms with E-state index < -0.39 is 0 Å². The van der Waals surface area contributed by atoms with Crippen LogP contribution in [0.25, 0.3) is 15.8 Å². The number of hydrogen-bond acceptors (Lipinski definition) is 2. The summed E-state index contributed by atoms with van der Waals surface area (Å²) >= 11 is 3.82. The average molecular weight is 319 g/mol. The Morgan fingerprint density at radius 1 is 0.857 bits per heavy atom. The molecule has 2 rings (SSSR count). The van der Waals surface area contributed by atoms with Crippen LogP contribution in [0.5, 0.6) is 0 Å². The third-order valence-corrected chi connectivity index (χ3v) is 5.31. The van der Waals surface area contributed by atoms with E-state index in [1.54, 1.807) is 0 Å². The molecule has 114 valence electrons. The smallest absolute Gasteiger partial charge is 0.0449 e. The SMILES string of the molecule is CC(C)(C)/C=C/c1ccc(-c2ccc(CC(C)(C)C)s2)s1. The molecule has 2 aromatic heterocycles. The van der Waals surface area contributed by atoms with Crippen molar-refractivity contribution in [3.05, 3.63) is 40.1 Å². The van der Waals surface area contributed by atoms with Crippen LogP contribution < -0.4 is 0 Å². The van der Waals surface area contributed by atoms with E-state index in [0.717, 1.165) is 6.42 Å². The van der Waals surface area contributed by atoms with Crippen LogP contribution in [0.1, 0.15) is 51.3 Å². The molecule has 0 spiro atoms. The fraction of sp³-hybridized carbons (Fsp3) is 0.474. The zero-order valence-electron chi connectivity index (χ0n) is 14.0. The van der Waals surface area contributed by atoms with Gasteiger partial charge in [0.15, 0.2) is 0 Å². The second-order valence-corrected chi connectivity index (χ2v) is 10.2. The van der Waals surface area contributed by atoms with E-state index in [0.29, 0.717) is 5.41 Å². The van der Waals surface area contributed by atoms with Crippen molar-refractivity contribution < 1.29 is 0 Å². The van der Waals surface area contributed by atoms with Gasteiger partial charge < -0.3 is 0 Å². The highest BCUT2D eigenvalue weighted by Crippen LogP contribution is 2.36. The van der Waals surface area contributed by atoms with Crippen LogP contribution in [0.15, 0.2) is 30.3 Å². The summed E-state index contributed by atoms with van der Waals surface area (Å²) in [5.41, 5.74) is 0.602. The fourth-order valence-corrected chi connectivity index (χ4v) is 4.34. The van der Waals surface area contributed by atoms with E-state index in [4.69, 9.17) is 0 Å². The van der Waals surface area contributed by atoms with E-state index in [-0.39, 0.29) is 5.41 Å². The third kappa shape index (κ3) is 5.44. The molecule has 0 nitrogen and oxygen atoms in total. The number of thiophene rings is 2. The summed E-state index contributed by atoms with van der Waals surface area (Å²) in [6, 6.07) is 9.04. The standard InChI is InChI=1S/C19H26S2/c1-18(2,3)12-11-14-7-9-16(20-14)17-10-8-15(21-17)13-19(4,5)6/h7-12H,13H2,1-6H3/b12-11+. The van der Waals surface area contributed by atoms with E-state index >= 15 is 0 Å². The van der Waals surface area contributed by atoms with Gasteiger partial charge in [-0.3, -0.25) is 0 Å². The van der Waals surface area contributed by atoms with Crippen molar-refractivity contribution in [1.29, 1.82) is 0 Å². The van der Waals surface area contributed by atoms with E-state index in [1.807, 2.05) is 22.7 Å². The number of rotatable bonds is 3. The molecule has 2 aromatic rings. The van der Waals surface area contributed by atoms with E-state index in [9.17, 15) is 0 Å². The molecule has 0 aliphatic rings. The van der Waals surface area contributed by atoms with Gasteiger partial charge in [-0.1, -0.05) is 47.6 Å².